The maximum Gasteiger partial charge on any atom is 0.453 e. The predicted octanol–water partition coefficient (Wildman–Crippen LogP) is 3.04. The molecule has 3 aromatic rings. The molecule has 132 valence electrons. The van der Waals surface area contributed by atoms with Gasteiger partial charge in [-0.2, -0.15) is 22.8 Å². The zero-order valence-electron chi connectivity index (χ0n) is 12.8. The molecule has 0 saturated heterocycles. The summed E-state index contributed by atoms with van der Waals surface area (Å²) in [5.74, 6) is 0.208. The first-order valence-corrected chi connectivity index (χ1v) is 8.06. The van der Waals surface area contributed by atoms with E-state index in [1.165, 1.54) is 7.11 Å². The summed E-state index contributed by atoms with van der Waals surface area (Å²) in [6.45, 7) is 0.970. The number of methoxy groups -OCH3 is 1. The number of rotatable bonds is 2. The van der Waals surface area contributed by atoms with Crippen LogP contribution in [0, 0.1) is 0 Å². The number of aromatic nitrogens is 4. The highest BCUT2D eigenvalue weighted by Gasteiger charge is 2.38. The van der Waals surface area contributed by atoms with Crippen LogP contribution in [0.3, 0.4) is 0 Å². The van der Waals surface area contributed by atoms with Crippen molar-refractivity contribution in [1.29, 1.82) is 0 Å². The Hall–Kier alpha value is -2.56. The van der Waals surface area contributed by atoms with Crippen molar-refractivity contribution in [1.82, 2.24) is 19.8 Å². The van der Waals surface area contributed by atoms with Crippen LogP contribution in [0.15, 0.2) is 12.1 Å². The van der Waals surface area contributed by atoms with Crippen LogP contribution in [0.4, 0.5) is 13.2 Å². The normalized spacial score (nSPS) is 14.6. The third kappa shape index (κ3) is 2.73. The molecule has 0 N–H and O–H groups in total. The first-order chi connectivity index (χ1) is 12.0. The number of ether oxygens (including phenoxy) is 3. The molecule has 25 heavy (non-hydrogen) atoms. The summed E-state index contributed by atoms with van der Waals surface area (Å²) in [7, 11) is 1.48. The number of halogens is 3. The van der Waals surface area contributed by atoms with Crippen LogP contribution in [0.1, 0.15) is 12.2 Å². The second-order valence-electron chi connectivity index (χ2n) is 5.18. The van der Waals surface area contributed by atoms with Crippen molar-refractivity contribution < 1.29 is 27.4 Å². The Morgan fingerprint density at radius 3 is 2.76 bits per heavy atom. The van der Waals surface area contributed by atoms with Crippen molar-refractivity contribution in [3.63, 3.8) is 0 Å². The van der Waals surface area contributed by atoms with Gasteiger partial charge < -0.3 is 14.2 Å². The molecule has 1 aliphatic heterocycles. The quantitative estimate of drug-likeness (QED) is 0.689. The molecule has 0 aliphatic carbocycles. The van der Waals surface area contributed by atoms with E-state index in [0.29, 0.717) is 45.5 Å². The highest BCUT2D eigenvalue weighted by molar-refractivity contribution is 7.19. The van der Waals surface area contributed by atoms with Gasteiger partial charge in [0.05, 0.1) is 20.3 Å². The lowest BCUT2D eigenvalue weighted by molar-refractivity contribution is -0.146. The topological polar surface area (TPSA) is 70.8 Å². The molecule has 1 aromatic carbocycles. The SMILES string of the molecule is COc1cc(-c2nn3c(C(F)(F)F)nnc3s2)cc2c1OCCCO2. The van der Waals surface area contributed by atoms with Crippen molar-refractivity contribution >= 4 is 16.3 Å². The van der Waals surface area contributed by atoms with Gasteiger partial charge in [0.15, 0.2) is 11.5 Å². The predicted molar refractivity (Wildman–Crippen MR) is 81.3 cm³/mol. The number of alkyl halides is 3. The fraction of sp³-hybridized carbons (Fsp3) is 0.357. The standard InChI is InChI=1S/C14H11F3N4O3S/c1-22-8-5-7(6-9-10(8)24-4-2-3-23-9)11-20-21-12(14(15,16)17)18-19-13(21)25-11/h5-6H,2-4H2,1H3. The maximum absolute atomic E-state index is 12.9. The summed E-state index contributed by atoms with van der Waals surface area (Å²) in [4.78, 5) is 0.0494. The van der Waals surface area contributed by atoms with Crippen molar-refractivity contribution in [2.75, 3.05) is 20.3 Å². The molecule has 0 spiro atoms. The van der Waals surface area contributed by atoms with Gasteiger partial charge in [-0.25, -0.2) is 0 Å². The molecule has 11 heteroatoms. The molecule has 0 bridgehead atoms. The molecular weight excluding hydrogens is 361 g/mol. The molecule has 4 rings (SSSR count). The Labute approximate surface area is 142 Å². The highest BCUT2D eigenvalue weighted by Crippen LogP contribution is 2.43. The van der Waals surface area contributed by atoms with Crippen LogP contribution in [-0.2, 0) is 6.18 Å². The fourth-order valence-corrected chi connectivity index (χ4v) is 3.25. The van der Waals surface area contributed by atoms with Crippen LogP contribution in [-0.4, -0.2) is 40.1 Å². The zero-order valence-corrected chi connectivity index (χ0v) is 13.6. The highest BCUT2D eigenvalue weighted by atomic mass is 32.1. The summed E-state index contributed by atoms with van der Waals surface area (Å²) >= 11 is 0.989. The average molecular weight is 372 g/mol. The molecule has 0 unspecified atom stereocenters. The van der Waals surface area contributed by atoms with Crippen molar-refractivity contribution in [2.45, 2.75) is 12.6 Å². The van der Waals surface area contributed by atoms with Gasteiger partial charge in [0.2, 0.25) is 10.7 Å². The van der Waals surface area contributed by atoms with Crippen LogP contribution in [0.2, 0.25) is 0 Å². The summed E-state index contributed by atoms with van der Waals surface area (Å²) in [5, 5.41) is 11.0. The molecule has 0 radical (unpaired) electrons. The number of hydrogen-bond donors (Lipinski definition) is 0. The number of benzene rings is 1. The van der Waals surface area contributed by atoms with E-state index < -0.39 is 12.0 Å². The van der Waals surface area contributed by atoms with Gasteiger partial charge in [-0.1, -0.05) is 11.3 Å². The van der Waals surface area contributed by atoms with E-state index >= 15 is 0 Å². The van der Waals surface area contributed by atoms with E-state index in [-0.39, 0.29) is 4.96 Å². The Morgan fingerprint density at radius 1 is 1.20 bits per heavy atom. The second-order valence-corrected chi connectivity index (χ2v) is 6.14. The van der Waals surface area contributed by atoms with Crippen molar-refractivity contribution in [3.05, 3.63) is 18.0 Å². The fourth-order valence-electron chi connectivity index (χ4n) is 2.43. The van der Waals surface area contributed by atoms with Crippen LogP contribution in [0.5, 0.6) is 17.2 Å². The zero-order chi connectivity index (χ0) is 17.6. The second kappa shape index (κ2) is 5.76. The molecule has 0 amide bonds. The van der Waals surface area contributed by atoms with E-state index in [2.05, 4.69) is 15.3 Å². The summed E-state index contributed by atoms with van der Waals surface area (Å²) in [6.07, 6.45) is -3.91. The van der Waals surface area contributed by atoms with E-state index in [1.807, 2.05) is 0 Å². The average Bonchev–Trinajstić information content (AvgIpc) is 3.06. The monoisotopic (exact) mass is 372 g/mol. The van der Waals surface area contributed by atoms with Crippen LogP contribution in [0.25, 0.3) is 15.5 Å². The molecule has 7 nitrogen and oxygen atoms in total. The van der Waals surface area contributed by atoms with Crippen LogP contribution >= 0.6 is 11.3 Å². The van der Waals surface area contributed by atoms with Crippen molar-refractivity contribution in [3.8, 4) is 27.8 Å². The van der Waals surface area contributed by atoms with E-state index in [9.17, 15) is 13.2 Å². The Balaban J connectivity index is 1.83. The maximum atomic E-state index is 12.9. The van der Waals surface area contributed by atoms with Gasteiger partial charge >= 0.3 is 6.18 Å². The lowest BCUT2D eigenvalue weighted by Crippen LogP contribution is -2.11. The van der Waals surface area contributed by atoms with Crippen molar-refractivity contribution in [2.24, 2.45) is 0 Å². The number of fused-ring (bicyclic) bond motifs is 2. The Morgan fingerprint density at radius 2 is 2.00 bits per heavy atom. The van der Waals surface area contributed by atoms with Gasteiger partial charge in [-0.3, -0.25) is 0 Å². The molecule has 3 heterocycles. The van der Waals surface area contributed by atoms with Gasteiger partial charge in [-0.15, -0.1) is 10.2 Å². The Kier molecular flexibility index (Phi) is 3.67. The lowest BCUT2D eigenvalue weighted by Gasteiger charge is -2.12. The van der Waals surface area contributed by atoms with E-state index in [0.717, 1.165) is 17.8 Å². The molecule has 1 aliphatic rings. The lowest BCUT2D eigenvalue weighted by atomic mass is 10.2. The van der Waals surface area contributed by atoms with E-state index in [1.54, 1.807) is 12.1 Å². The molecule has 0 saturated carbocycles. The smallest absolute Gasteiger partial charge is 0.453 e. The number of hydrogen-bond acceptors (Lipinski definition) is 7. The minimum Gasteiger partial charge on any atom is -0.493 e. The van der Waals surface area contributed by atoms with Gasteiger partial charge in [-0.05, 0) is 12.1 Å². The third-order valence-corrected chi connectivity index (χ3v) is 4.47. The number of nitrogens with zero attached hydrogens (tertiary/aromatic N) is 4. The van der Waals surface area contributed by atoms with Gasteiger partial charge in [0, 0.05) is 12.0 Å². The minimum atomic E-state index is -4.63. The minimum absolute atomic E-state index is 0.0494. The molecule has 0 atom stereocenters. The molecular formula is C14H11F3N4O3S. The van der Waals surface area contributed by atoms with Gasteiger partial charge in [0.25, 0.3) is 5.82 Å². The first-order valence-electron chi connectivity index (χ1n) is 7.25. The molecule has 0 fully saturated rings. The first kappa shape index (κ1) is 15.9. The summed E-state index contributed by atoms with van der Waals surface area (Å²) in [6, 6.07) is 3.31. The van der Waals surface area contributed by atoms with E-state index in [4.69, 9.17) is 14.2 Å². The third-order valence-electron chi connectivity index (χ3n) is 3.52. The van der Waals surface area contributed by atoms with Gasteiger partial charge in [0.1, 0.15) is 5.01 Å². The van der Waals surface area contributed by atoms with Crippen LogP contribution < -0.4 is 14.2 Å². The summed E-state index contributed by atoms with van der Waals surface area (Å²) < 4.78 is 56.1. The molecule has 2 aromatic heterocycles. The largest absolute Gasteiger partial charge is 0.493 e. The summed E-state index contributed by atoms with van der Waals surface area (Å²) in [5.41, 5.74) is 0.546. The Bertz CT molecular complexity index is 937.